The molecule has 70 valence electrons. The number of aryl methyl sites for hydroxylation is 2. The monoisotopic (exact) mass is 176 g/mol. The highest BCUT2D eigenvalue weighted by molar-refractivity contribution is 5.66. The Balaban J connectivity index is 0.000000396. The van der Waals surface area contributed by atoms with E-state index in [2.05, 4.69) is 16.0 Å². The largest absolute Gasteiger partial charge is 0.241 e. The van der Waals surface area contributed by atoms with Gasteiger partial charge in [0.05, 0.1) is 0 Å². The third kappa shape index (κ3) is 2.38. The molecular weight excluding hydrogens is 160 g/mol. The minimum Gasteiger partial charge on any atom is -0.241 e. The van der Waals surface area contributed by atoms with E-state index >= 15 is 0 Å². The van der Waals surface area contributed by atoms with Crippen LogP contribution in [0.5, 0.6) is 0 Å². The highest BCUT2D eigenvalue weighted by Crippen LogP contribution is 2.20. The van der Waals surface area contributed by atoms with Crippen LogP contribution in [-0.4, -0.2) is 11.2 Å². The van der Waals surface area contributed by atoms with E-state index in [9.17, 15) is 0 Å². The molecule has 0 N–H and O–H groups in total. The Morgan fingerprint density at radius 1 is 1.23 bits per heavy atom. The van der Waals surface area contributed by atoms with Crippen LogP contribution in [0.3, 0.4) is 0 Å². The van der Waals surface area contributed by atoms with Gasteiger partial charge in [0, 0.05) is 11.9 Å². The number of aliphatic imine (C=N–C) groups is 1. The van der Waals surface area contributed by atoms with Crippen LogP contribution in [0.25, 0.3) is 0 Å². The van der Waals surface area contributed by atoms with E-state index < -0.39 is 0 Å². The van der Waals surface area contributed by atoms with Crippen LogP contribution in [-0.2, 0) is 6.42 Å². The maximum absolute atomic E-state index is 4.32. The van der Waals surface area contributed by atoms with E-state index in [0.717, 1.165) is 24.4 Å². The Morgan fingerprint density at radius 2 is 2.00 bits per heavy atom. The molecule has 2 nitrogen and oxygen atoms in total. The molecule has 1 aliphatic rings. The molecule has 1 aromatic heterocycles. The van der Waals surface area contributed by atoms with Crippen LogP contribution >= 0.6 is 0 Å². The molecule has 0 atom stereocenters. The number of hydrogen-bond donors (Lipinski definition) is 0. The predicted molar refractivity (Wildman–Crippen MR) is 56.8 cm³/mol. The zero-order chi connectivity index (χ0) is 9.68. The maximum atomic E-state index is 4.32. The lowest BCUT2D eigenvalue weighted by Crippen LogP contribution is -1.96. The number of nitrogens with zero attached hydrogens (tertiary/aromatic N) is 2. The van der Waals surface area contributed by atoms with Crippen molar-refractivity contribution in [3.8, 4) is 0 Å². The first-order valence-electron chi connectivity index (χ1n) is 4.85. The summed E-state index contributed by atoms with van der Waals surface area (Å²) < 4.78 is 0. The lowest BCUT2D eigenvalue weighted by Gasteiger charge is -2.07. The number of fused-ring (bicyclic) bond motifs is 1. The van der Waals surface area contributed by atoms with E-state index in [1.54, 1.807) is 0 Å². The fourth-order valence-corrected chi connectivity index (χ4v) is 1.25. The first kappa shape index (κ1) is 9.90. The molecule has 0 amide bonds. The third-order valence-electron chi connectivity index (χ3n) is 1.85. The summed E-state index contributed by atoms with van der Waals surface area (Å²) in [7, 11) is 0. The van der Waals surface area contributed by atoms with Crippen molar-refractivity contribution in [2.24, 2.45) is 4.99 Å². The highest BCUT2D eigenvalue weighted by atomic mass is 14.9. The van der Waals surface area contributed by atoms with Crippen molar-refractivity contribution in [2.45, 2.75) is 33.6 Å². The zero-order valence-corrected chi connectivity index (χ0v) is 8.54. The molecule has 0 radical (unpaired) electrons. The maximum Gasteiger partial charge on any atom is 0.154 e. The summed E-state index contributed by atoms with van der Waals surface area (Å²) in [6.45, 7) is 5.99. The molecule has 0 saturated heterocycles. The smallest absolute Gasteiger partial charge is 0.154 e. The number of rotatable bonds is 0. The molecule has 0 fully saturated rings. The molecular formula is C11H16N2. The van der Waals surface area contributed by atoms with Crippen LogP contribution in [0.2, 0.25) is 0 Å². The normalized spacial score (nSPS) is 12.8. The van der Waals surface area contributed by atoms with Crippen LogP contribution in [0.4, 0.5) is 5.82 Å². The zero-order valence-electron chi connectivity index (χ0n) is 8.54. The summed E-state index contributed by atoms with van der Waals surface area (Å²) in [5.74, 6) is 0.913. The first-order chi connectivity index (χ1) is 6.36. The Labute approximate surface area is 79.7 Å². The van der Waals surface area contributed by atoms with Crippen molar-refractivity contribution < 1.29 is 0 Å². The molecule has 2 heteroatoms. The summed E-state index contributed by atoms with van der Waals surface area (Å²) in [6, 6.07) is 4.16. The van der Waals surface area contributed by atoms with E-state index in [4.69, 9.17) is 0 Å². The van der Waals surface area contributed by atoms with Gasteiger partial charge in [0.15, 0.2) is 5.82 Å². The fourth-order valence-electron chi connectivity index (χ4n) is 1.25. The molecule has 0 spiro atoms. The summed E-state index contributed by atoms with van der Waals surface area (Å²) >= 11 is 0. The molecule has 0 unspecified atom stereocenters. The quantitative estimate of drug-likeness (QED) is 0.596. The molecule has 2 heterocycles. The van der Waals surface area contributed by atoms with E-state index in [0.29, 0.717) is 0 Å². The Morgan fingerprint density at radius 3 is 2.77 bits per heavy atom. The molecule has 0 bridgehead atoms. The molecule has 0 aromatic carbocycles. The Bertz CT molecular complexity index is 303. The van der Waals surface area contributed by atoms with Crippen molar-refractivity contribution in [1.82, 2.24) is 4.98 Å². The third-order valence-corrected chi connectivity index (χ3v) is 1.85. The lowest BCUT2D eigenvalue weighted by atomic mass is 10.1. The van der Waals surface area contributed by atoms with Crippen LogP contribution in [0.15, 0.2) is 17.1 Å². The van der Waals surface area contributed by atoms with Gasteiger partial charge >= 0.3 is 0 Å². The second kappa shape index (κ2) is 4.75. The van der Waals surface area contributed by atoms with Gasteiger partial charge in [-0.05, 0) is 31.4 Å². The van der Waals surface area contributed by atoms with Gasteiger partial charge in [-0.3, -0.25) is 0 Å². The van der Waals surface area contributed by atoms with Gasteiger partial charge in [-0.15, -0.1) is 0 Å². The van der Waals surface area contributed by atoms with Crippen molar-refractivity contribution in [2.75, 3.05) is 0 Å². The van der Waals surface area contributed by atoms with Gasteiger partial charge in [-0.25, -0.2) is 9.98 Å². The Kier molecular flexibility index (Phi) is 3.62. The van der Waals surface area contributed by atoms with Crippen molar-refractivity contribution >= 4 is 12.0 Å². The predicted octanol–water partition coefficient (Wildman–Crippen LogP) is 3.06. The van der Waals surface area contributed by atoms with Crippen LogP contribution in [0, 0.1) is 6.92 Å². The highest BCUT2D eigenvalue weighted by Gasteiger charge is 2.05. The van der Waals surface area contributed by atoms with Crippen molar-refractivity contribution in [1.29, 1.82) is 0 Å². The molecule has 0 saturated carbocycles. The molecule has 1 aliphatic heterocycles. The van der Waals surface area contributed by atoms with Gasteiger partial charge in [0.1, 0.15) is 0 Å². The molecule has 2 rings (SSSR count). The molecule has 1 aromatic rings. The lowest BCUT2D eigenvalue weighted by molar-refractivity contribution is 0.989. The van der Waals surface area contributed by atoms with Crippen LogP contribution < -0.4 is 0 Å². The minimum atomic E-state index is 0.913. The number of aromatic nitrogens is 1. The molecule has 0 aliphatic carbocycles. The second-order valence-electron chi connectivity index (χ2n) is 2.79. The van der Waals surface area contributed by atoms with Crippen LogP contribution in [0.1, 0.15) is 31.5 Å². The average Bonchev–Trinajstić information content (AvgIpc) is 2.21. The van der Waals surface area contributed by atoms with E-state index in [1.807, 2.05) is 33.1 Å². The van der Waals surface area contributed by atoms with Crippen molar-refractivity contribution in [3.63, 3.8) is 0 Å². The van der Waals surface area contributed by atoms with E-state index in [-0.39, 0.29) is 0 Å². The van der Waals surface area contributed by atoms with Gasteiger partial charge in [0.2, 0.25) is 0 Å². The number of hydrogen-bond acceptors (Lipinski definition) is 2. The molecule has 13 heavy (non-hydrogen) atoms. The van der Waals surface area contributed by atoms with Gasteiger partial charge in [-0.2, -0.15) is 0 Å². The van der Waals surface area contributed by atoms with Gasteiger partial charge in [0.25, 0.3) is 0 Å². The summed E-state index contributed by atoms with van der Waals surface area (Å²) in [5.41, 5.74) is 2.32. The topological polar surface area (TPSA) is 25.2 Å². The fraction of sp³-hybridized carbons (Fsp3) is 0.455. The number of pyridine rings is 1. The van der Waals surface area contributed by atoms with Gasteiger partial charge < -0.3 is 0 Å². The van der Waals surface area contributed by atoms with Crippen molar-refractivity contribution in [3.05, 3.63) is 23.4 Å². The SMILES string of the molecule is CC.Cc1ccc2c(n1)N=CCC2. The minimum absolute atomic E-state index is 0.913. The van der Waals surface area contributed by atoms with E-state index in [1.165, 1.54) is 5.56 Å². The standard InChI is InChI=1S/C9H10N2.C2H6/c1-7-4-5-8-3-2-6-10-9(8)11-7;1-2/h4-6H,2-3H2,1H3;1-2H3. The Hall–Kier alpha value is -1.18. The second-order valence-corrected chi connectivity index (χ2v) is 2.79. The summed E-state index contributed by atoms with van der Waals surface area (Å²) in [6.07, 6.45) is 4.08. The summed E-state index contributed by atoms with van der Waals surface area (Å²) in [4.78, 5) is 8.53. The average molecular weight is 176 g/mol. The van der Waals surface area contributed by atoms with Gasteiger partial charge in [-0.1, -0.05) is 19.9 Å². The summed E-state index contributed by atoms with van der Waals surface area (Å²) in [5, 5.41) is 0. The first-order valence-corrected chi connectivity index (χ1v) is 4.85.